The second kappa shape index (κ2) is 10.7. The number of halogens is 4. The Morgan fingerprint density at radius 1 is 0.556 bits per heavy atom. The van der Waals surface area contributed by atoms with Gasteiger partial charge in [0.1, 0.15) is 0 Å². The van der Waals surface area contributed by atoms with E-state index in [1.54, 1.807) is 0 Å². The fourth-order valence-electron chi connectivity index (χ4n) is 0. The van der Waals surface area contributed by atoms with Crippen LogP contribution in [-0.4, -0.2) is 0 Å². The molecule has 4 heteroatoms. The van der Waals surface area contributed by atoms with Gasteiger partial charge in [0.05, 0.1) is 0 Å². The van der Waals surface area contributed by atoms with E-state index < -0.39 is 0 Å². The molecule has 0 nitrogen and oxygen atoms in total. The van der Waals surface area contributed by atoms with Crippen molar-refractivity contribution in [3.63, 3.8) is 0 Å². The third-order valence-electron chi connectivity index (χ3n) is 0. The van der Waals surface area contributed by atoms with Crippen LogP contribution in [0.4, 0.5) is 18.8 Å². The summed E-state index contributed by atoms with van der Waals surface area (Å²) in [6, 6.07) is 0. The normalized spacial score (nSPS) is 6.67. The van der Waals surface area contributed by atoms with E-state index in [-0.39, 0.29) is 18.8 Å². The molecule has 0 bridgehead atoms. The first-order valence-corrected chi connectivity index (χ1v) is 2.00. The molecule has 0 aliphatic rings. The predicted molar refractivity (Wildman–Crippen MR) is 35.1 cm³/mol. The lowest BCUT2D eigenvalue weighted by atomic mass is 10.0. The lowest BCUT2D eigenvalue weighted by Crippen LogP contribution is -1.93. The van der Waals surface area contributed by atoms with Crippen LogP contribution in [0.15, 0.2) is 0 Å². The van der Waals surface area contributed by atoms with Gasteiger partial charge in [0.25, 0.3) is 0 Å². The molecule has 9 heavy (non-hydrogen) atoms. The fraction of sp³-hybridized carbons (Fsp3) is 1.00. The monoisotopic (exact) mass is 152 g/mol. The molecule has 0 saturated heterocycles. The minimum absolute atomic E-state index is 0. The van der Waals surface area contributed by atoms with Gasteiger partial charge in [-0.3, -0.25) is 18.8 Å². The van der Waals surface area contributed by atoms with Gasteiger partial charge in [0.15, 0.2) is 0 Å². The van der Waals surface area contributed by atoms with Gasteiger partial charge in [-0.1, -0.05) is 27.7 Å². The molecule has 0 N–H and O–H groups in total. The standard InChI is InChI=1S/C5H12.4FH/c1-5(2,3)4;;;;/h1-4H3;4*1H. The molecule has 0 aliphatic heterocycles. The zero-order chi connectivity index (χ0) is 4.50. The first kappa shape index (κ1) is 37.6. The first-order chi connectivity index (χ1) is 2.00. The van der Waals surface area contributed by atoms with Crippen LogP contribution in [0, 0.1) is 5.41 Å². The quantitative estimate of drug-likeness (QED) is 0.468. The van der Waals surface area contributed by atoms with Crippen LogP contribution in [0.1, 0.15) is 27.7 Å². The van der Waals surface area contributed by atoms with Crippen molar-refractivity contribution < 1.29 is 18.8 Å². The molecule has 0 amide bonds. The largest absolute Gasteiger partial charge is 0.269 e. The molecule has 0 heterocycles. The third-order valence-corrected chi connectivity index (χ3v) is 0. The van der Waals surface area contributed by atoms with Crippen LogP contribution in [-0.2, 0) is 0 Å². The second-order valence-electron chi connectivity index (χ2n) is 3.00. The minimum atomic E-state index is 0. The smallest absolute Gasteiger partial charge is 0.0411 e. The van der Waals surface area contributed by atoms with E-state index in [0.717, 1.165) is 0 Å². The van der Waals surface area contributed by atoms with Crippen molar-refractivity contribution in [1.82, 2.24) is 0 Å². The molecule has 0 rings (SSSR count). The van der Waals surface area contributed by atoms with Crippen LogP contribution in [0.3, 0.4) is 0 Å². The Hall–Kier alpha value is -0.280. The topological polar surface area (TPSA) is 0 Å². The van der Waals surface area contributed by atoms with Gasteiger partial charge < -0.3 is 0 Å². The summed E-state index contributed by atoms with van der Waals surface area (Å²) in [6.07, 6.45) is 0. The molecular formula is C5H16F4. The highest BCUT2D eigenvalue weighted by atomic mass is 19.0. The summed E-state index contributed by atoms with van der Waals surface area (Å²) in [5, 5.41) is 0. The Bertz CT molecular complexity index is 24.4. The van der Waals surface area contributed by atoms with E-state index in [4.69, 9.17) is 0 Å². The van der Waals surface area contributed by atoms with Crippen molar-refractivity contribution in [3.05, 3.63) is 0 Å². The Morgan fingerprint density at radius 3 is 0.556 bits per heavy atom. The number of rotatable bonds is 0. The van der Waals surface area contributed by atoms with E-state index in [1.807, 2.05) is 0 Å². The summed E-state index contributed by atoms with van der Waals surface area (Å²) in [5.41, 5.74) is 0.500. The summed E-state index contributed by atoms with van der Waals surface area (Å²) in [5.74, 6) is 0. The highest BCUT2D eigenvalue weighted by Gasteiger charge is 1.95. The SMILES string of the molecule is CC(C)(C)C.F.F.F.F. The van der Waals surface area contributed by atoms with E-state index in [1.165, 1.54) is 0 Å². The summed E-state index contributed by atoms with van der Waals surface area (Å²) in [4.78, 5) is 0. The van der Waals surface area contributed by atoms with Crippen molar-refractivity contribution in [2.24, 2.45) is 5.41 Å². The first-order valence-electron chi connectivity index (χ1n) is 2.00. The minimum Gasteiger partial charge on any atom is -0.269 e. The molecule has 0 unspecified atom stereocenters. The number of hydrogen-bond acceptors (Lipinski definition) is 0. The molecule has 0 aromatic heterocycles. The average Bonchev–Trinajstić information content (AvgIpc) is 0.722. The lowest BCUT2D eigenvalue weighted by molar-refractivity contribution is 0.469. The van der Waals surface area contributed by atoms with Crippen molar-refractivity contribution in [2.75, 3.05) is 0 Å². The third kappa shape index (κ3) is 3220. The Labute approximate surface area is 53.1 Å². The zero-order valence-electron chi connectivity index (χ0n) is 6.13. The van der Waals surface area contributed by atoms with E-state index in [2.05, 4.69) is 27.7 Å². The van der Waals surface area contributed by atoms with Crippen LogP contribution < -0.4 is 0 Å². The zero-order valence-corrected chi connectivity index (χ0v) is 6.13. The molecule has 0 saturated carbocycles. The van der Waals surface area contributed by atoms with Gasteiger partial charge in [-0.25, -0.2) is 0 Å². The highest BCUT2D eigenvalue weighted by molar-refractivity contribution is 4.47. The maximum absolute atomic E-state index is 2.19. The van der Waals surface area contributed by atoms with Crippen LogP contribution in [0.5, 0.6) is 0 Å². The average molecular weight is 152 g/mol. The fourth-order valence-corrected chi connectivity index (χ4v) is 0. The van der Waals surface area contributed by atoms with Gasteiger partial charge in [-0.05, 0) is 5.41 Å². The highest BCUT2D eigenvalue weighted by Crippen LogP contribution is 2.07. The van der Waals surface area contributed by atoms with Gasteiger partial charge in [0.2, 0.25) is 0 Å². The maximum atomic E-state index is 2.19. The van der Waals surface area contributed by atoms with Crippen LogP contribution in [0.2, 0.25) is 0 Å². The van der Waals surface area contributed by atoms with Gasteiger partial charge in [0, 0.05) is 0 Å². The summed E-state index contributed by atoms with van der Waals surface area (Å²) < 4.78 is 0. The van der Waals surface area contributed by atoms with Crippen molar-refractivity contribution in [2.45, 2.75) is 27.7 Å². The van der Waals surface area contributed by atoms with E-state index >= 15 is 0 Å². The molecule has 0 atom stereocenters. The van der Waals surface area contributed by atoms with Crippen molar-refractivity contribution in [3.8, 4) is 0 Å². The van der Waals surface area contributed by atoms with Gasteiger partial charge in [-0.15, -0.1) is 0 Å². The van der Waals surface area contributed by atoms with E-state index in [0.29, 0.717) is 5.41 Å². The van der Waals surface area contributed by atoms with Crippen LogP contribution >= 0.6 is 0 Å². The summed E-state index contributed by atoms with van der Waals surface area (Å²) >= 11 is 0. The van der Waals surface area contributed by atoms with Crippen LogP contribution in [0.25, 0.3) is 0 Å². The number of hydrogen-bond donors (Lipinski definition) is 0. The molecule has 0 fully saturated rings. The molecular weight excluding hydrogens is 136 g/mol. The summed E-state index contributed by atoms with van der Waals surface area (Å²) in [7, 11) is 0. The Kier molecular flexibility index (Phi) is 44.5. The Morgan fingerprint density at radius 2 is 0.556 bits per heavy atom. The van der Waals surface area contributed by atoms with Gasteiger partial charge in [-0.2, -0.15) is 0 Å². The predicted octanol–water partition coefficient (Wildman–Crippen LogP) is 2.66. The molecule has 0 aliphatic carbocycles. The second-order valence-corrected chi connectivity index (χ2v) is 3.00. The maximum Gasteiger partial charge on any atom is -0.0411 e. The molecule has 0 radical (unpaired) electrons. The summed E-state index contributed by atoms with van der Waals surface area (Å²) in [6.45, 7) is 8.75. The molecule has 64 valence electrons. The van der Waals surface area contributed by atoms with Gasteiger partial charge >= 0.3 is 0 Å². The lowest BCUT2D eigenvalue weighted by Gasteiger charge is -2.05. The molecule has 0 aromatic rings. The van der Waals surface area contributed by atoms with Crippen molar-refractivity contribution >= 4 is 0 Å². The molecule has 0 spiro atoms. The van der Waals surface area contributed by atoms with Crippen molar-refractivity contribution in [1.29, 1.82) is 0 Å². The van der Waals surface area contributed by atoms with E-state index in [9.17, 15) is 0 Å². The Balaban J connectivity index is -0.0000000133. The molecule has 0 aromatic carbocycles.